The van der Waals surface area contributed by atoms with Crippen molar-refractivity contribution in [2.24, 2.45) is 5.73 Å². The van der Waals surface area contributed by atoms with Crippen LogP contribution >= 0.6 is 0 Å². The van der Waals surface area contributed by atoms with E-state index in [-0.39, 0.29) is 18.2 Å². The van der Waals surface area contributed by atoms with Crippen molar-refractivity contribution >= 4 is 10.1 Å². The van der Waals surface area contributed by atoms with Crippen LogP contribution in [0.25, 0.3) is 0 Å². The Bertz CT molecular complexity index is 627. The van der Waals surface area contributed by atoms with Crippen molar-refractivity contribution in [1.29, 1.82) is 0 Å². The zero-order valence-electron chi connectivity index (χ0n) is 11.0. The summed E-state index contributed by atoms with van der Waals surface area (Å²) in [5.74, 6) is -0.0937. The first kappa shape index (κ1) is 14.6. The van der Waals surface area contributed by atoms with Crippen LogP contribution in [0.1, 0.15) is 11.5 Å². The molecule has 0 bridgehead atoms. The Morgan fingerprint density at radius 3 is 2.05 bits per heavy atom. The molecule has 0 amide bonds. The van der Waals surface area contributed by atoms with E-state index in [2.05, 4.69) is 0 Å². The Balaban J connectivity index is 2.11. The molecule has 0 spiro atoms. The van der Waals surface area contributed by atoms with Crippen molar-refractivity contribution in [3.05, 3.63) is 66.2 Å². The van der Waals surface area contributed by atoms with Crippen LogP contribution in [0.5, 0.6) is 5.75 Å². The van der Waals surface area contributed by atoms with Crippen LogP contribution in [0, 0.1) is 0 Å². The van der Waals surface area contributed by atoms with E-state index in [1.807, 2.05) is 30.3 Å². The van der Waals surface area contributed by atoms with Crippen LogP contribution in [0.4, 0.5) is 0 Å². The fraction of sp³-hybridized carbons (Fsp3) is 0.200. The molecule has 2 aromatic carbocycles. The minimum Gasteiger partial charge on any atom is -0.382 e. The van der Waals surface area contributed by atoms with E-state index in [1.165, 1.54) is 0 Å². The fourth-order valence-corrected chi connectivity index (χ4v) is 3.22. The van der Waals surface area contributed by atoms with E-state index in [1.54, 1.807) is 30.3 Å². The second-order valence-corrected chi connectivity index (χ2v) is 6.08. The Hall–Kier alpha value is -1.85. The lowest BCUT2D eigenvalue weighted by Crippen LogP contribution is -2.24. The highest BCUT2D eigenvalue weighted by molar-refractivity contribution is 7.87. The lowest BCUT2D eigenvalue weighted by atomic mass is 10.0. The highest BCUT2D eigenvalue weighted by atomic mass is 32.2. The molecule has 5 heteroatoms. The van der Waals surface area contributed by atoms with Crippen LogP contribution < -0.4 is 9.92 Å². The number of hydrogen-bond donors (Lipinski definition) is 1. The van der Waals surface area contributed by atoms with E-state index in [9.17, 15) is 8.42 Å². The summed E-state index contributed by atoms with van der Waals surface area (Å²) < 4.78 is 29.2. The van der Waals surface area contributed by atoms with E-state index in [4.69, 9.17) is 9.92 Å². The van der Waals surface area contributed by atoms with Crippen molar-refractivity contribution < 1.29 is 12.6 Å². The molecule has 106 valence electrons. The molecular weight excluding hydrogens is 274 g/mol. The summed E-state index contributed by atoms with van der Waals surface area (Å²) in [5.41, 5.74) is 6.58. The predicted molar refractivity (Wildman–Crippen MR) is 79.1 cm³/mol. The molecule has 0 aliphatic rings. The van der Waals surface area contributed by atoms with Gasteiger partial charge in [0.2, 0.25) is 0 Å². The van der Waals surface area contributed by atoms with Crippen molar-refractivity contribution in [3.63, 3.8) is 0 Å². The molecule has 0 aromatic heterocycles. The molecule has 0 saturated carbocycles. The normalized spacial score (nSPS) is 12.8. The number of benzene rings is 2. The van der Waals surface area contributed by atoms with E-state index < -0.39 is 10.1 Å². The molecular formula is C15H17NO3S. The highest BCUT2D eigenvalue weighted by Crippen LogP contribution is 2.19. The fourth-order valence-electron chi connectivity index (χ4n) is 1.93. The van der Waals surface area contributed by atoms with Gasteiger partial charge in [0.1, 0.15) is 5.75 Å². The topological polar surface area (TPSA) is 69.4 Å². The first-order chi connectivity index (χ1) is 9.61. The summed E-state index contributed by atoms with van der Waals surface area (Å²) in [6.45, 7) is 0.251. The number of rotatable bonds is 6. The molecule has 0 saturated heterocycles. The molecule has 20 heavy (non-hydrogen) atoms. The molecule has 0 fully saturated rings. The second-order valence-electron chi connectivity index (χ2n) is 4.46. The third-order valence-electron chi connectivity index (χ3n) is 2.93. The van der Waals surface area contributed by atoms with Gasteiger partial charge < -0.3 is 9.92 Å². The van der Waals surface area contributed by atoms with Gasteiger partial charge in [-0.1, -0.05) is 48.5 Å². The summed E-state index contributed by atoms with van der Waals surface area (Å²) in [4.78, 5) is 0. The van der Waals surface area contributed by atoms with Crippen LogP contribution in [0.3, 0.4) is 0 Å². The average molecular weight is 291 g/mol. The molecule has 2 rings (SSSR count). The van der Waals surface area contributed by atoms with Crippen molar-refractivity contribution in [1.82, 2.24) is 0 Å². The summed E-state index contributed by atoms with van der Waals surface area (Å²) in [7, 11) is -3.67. The summed E-state index contributed by atoms with van der Waals surface area (Å²) in [5, 5.41) is 0. The van der Waals surface area contributed by atoms with Gasteiger partial charge in [-0.25, -0.2) is 0 Å². The number of nitrogens with two attached hydrogens (primary N) is 1. The van der Waals surface area contributed by atoms with Gasteiger partial charge in [0.05, 0.1) is 5.75 Å². The van der Waals surface area contributed by atoms with E-state index in [0.29, 0.717) is 5.75 Å². The summed E-state index contributed by atoms with van der Waals surface area (Å²) in [6, 6.07) is 17.8. The van der Waals surface area contributed by atoms with Crippen LogP contribution in [-0.2, 0) is 10.1 Å². The lowest BCUT2D eigenvalue weighted by molar-refractivity contribution is 0.480. The summed E-state index contributed by atoms with van der Waals surface area (Å²) in [6.07, 6.45) is 0. The van der Waals surface area contributed by atoms with Gasteiger partial charge in [-0.3, -0.25) is 0 Å². The molecule has 0 heterocycles. The monoisotopic (exact) mass is 291 g/mol. The van der Waals surface area contributed by atoms with Gasteiger partial charge in [-0.15, -0.1) is 0 Å². The quantitative estimate of drug-likeness (QED) is 0.828. The van der Waals surface area contributed by atoms with Gasteiger partial charge in [0.25, 0.3) is 0 Å². The Morgan fingerprint density at radius 1 is 0.950 bits per heavy atom. The number of para-hydroxylation sites is 1. The van der Waals surface area contributed by atoms with Crippen molar-refractivity contribution in [2.45, 2.75) is 5.92 Å². The maximum atomic E-state index is 12.1. The lowest BCUT2D eigenvalue weighted by Gasteiger charge is -2.15. The molecule has 0 aliphatic heterocycles. The molecule has 4 nitrogen and oxygen atoms in total. The highest BCUT2D eigenvalue weighted by Gasteiger charge is 2.21. The van der Waals surface area contributed by atoms with Gasteiger partial charge in [0, 0.05) is 12.5 Å². The second kappa shape index (κ2) is 6.54. The molecule has 0 radical (unpaired) electrons. The minimum absolute atomic E-state index is 0.137. The maximum Gasteiger partial charge on any atom is 0.309 e. The third kappa shape index (κ3) is 4.08. The average Bonchev–Trinajstić information content (AvgIpc) is 2.46. The van der Waals surface area contributed by atoms with E-state index in [0.717, 1.165) is 5.56 Å². The first-order valence-corrected chi connectivity index (χ1v) is 7.90. The van der Waals surface area contributed by atoms with Crippen molar-refractivity contribution in [2.75, 3.05) is 12.3 Å². The Labute approximate surface area is 119 Å². The molecule has 0 aliphatic carbocycles. The SMILES string of the molecule is NCC(CS(=O)(=O)Oc1ccccc1)c1ccccc1. The van der Waals surface area contributed by atoms with Gasteiger partial charge >= 0.3 is 10.1 Å². The van der Waals surface area contributed by atoms with Crippen LogP contribution in [-0.4, -0.2) is 20.7 Å². The Morgan fingerprint density at radius 2 is 1.50 bits per heavy atom. The van der Waals surface area contributed by atoms with Gasteiger partial charge in [-0.2, -0.15) is 8.42 Å². The predicted octanol–water partition coefficient (Wildman–Crippen LogP) is 2.14. The smallest absolute Gasteiger partial charge is 0.309 e. The first-order valence-electron chi connectivity index (χ1n) is 6.33. The van der Waals surface area contributed by atoms with Crippen LogP contribution in [0.15, 0.2) is 60.7 Å². The number of hydrogen-bond acceptors (Lipinski definition) is 4. The standard InChI is InChI=1S/C15H17NO3S/c16-11-14(13-7-3-1-4-8-13)12-20(17,18)19-15-9-5-2-6-10-15/h1-10,14H,11-12,16H2. The zero-order chi connectivity index (χ0) is 14.4. The maximum absolute atomic E-state index is 12.1. The minimum atomic E-state index is -3.67. The van der Waals surface area contributed by atoms with Gasteiger partial charge in [-0.05, 0) is 17.7 Å². The molecule has 2 aromatic rings. The van der Waals surface area contributed by atoms with Crippen LogP contribution in [0.2, 0.25) is 0 Å². The molecule has 1 atom stereocenters. The molecule has 2 N–H and O–H groups in total. The zero-order valence-corrected chi connectivity index (χ0v) is 11.8. The summed E-state index contributed by atoms with van der Waals surface area (Å²) >= 11 is 0. The largest absolute Gasteiger partial charge is 0.382 e. The van der Waals surface area contributed by atoms with Crippen molar-refractivity contribution in [3.8, 4) is 5.75 Å². The molecule has 1 unspecified atom stereocenters. The van der Waals surface area contributed by atoms with Gasteiger partial charge in [0.15, 0.2) is 0 Å². The third-order valence-corrected chi connectivity index (χ3v) is 4.18. The Kier molecular flexibility index (Phi) is 4.76. The van der Waals surface area contributed by atoms with E-state index >= 15 is 0 Å².